The summed E-state index contributed by atoms with van der Waals surface area (Å²) in [5.74, 6) is 0.424. The summed E-state index contributed by atoms with van der Waals surface area (Å²) in [4.78, 5) is 17.4. The van der Waals surface area contributed by atoms with Gasteiger partial charge in [-0.1, -0.05) is 6.92 Å². The molecule has 5 rings (SSSR count). The molecule has 0 atom stereocenters. The molecule has 2 aliphatic heterocycles. The molecule has 12 heteroatoms. The fraction of sp³-hybridized carbons (Fsp3) is 0.320. The Kier molecular flexibility index (Phi) is 7.24. The van der Waals surface area contributed by atoms with E-state index in [1.54, 1.807) is 28.9 Å². The number of carbonyl (C=O) groups excluding carboxylic acids is 1. The summed E-state index contributed by atoms with van der Waals surface area (Å²) in [7, 11) is -3.58. The van der Waals surface area contributed by atoms with Crippen LogP contribution < -0.4 is 14.9 Å². The summed E-state index contributed by atoms with van der Waals surface area (Å²) in [5.41, 5.74) is 3.80. The largest absolute Gasteiger partial charge is 0.482 e. The molecule has 0 unspecified atom stereocenters. The first-order chi connectivity index (χ1) is 17.8. The second kappa shape index (κ2) is 10.6. The number of rotatable bonds is 6. The van der Waals surface area contributed by atoms with Gasteiger partial charge in [0, 0.05) is 29.7 Å². The highest BCUT2D eigenvalue weighted by molar-refractivity contribution is 7.89. The lowest BCUT2D eigenvalue weighted by atomic mass is 10.1. The molecule has 2 aliphatic rings. The van der Waals surface area contributed by atoms with Gasteiger partial charge >= 0.3 is 0 Å². The molecular formula is C25H27N5O5S2. The van der Waals surface area contributed by atoms with E-state index in [4.69, 9.17) is 19.6 Å². The summed E-state index contributed by atoms with van der Waals surface area (Å²) >= 11 is 1.42. The molecule has 10 nitrogen and oxygen atoms in total. The van der Waals surface area contributed by atoms with Gasteiger partial charge in [0.15, 0.2) is 6.61 Å². The Morgan fingerprint density at radius 1 is 1.14 bits per heavy atom. The van der Waals surface area contributed by atoms with Crippen LogP contribution in [0, 0.1) is 0 Å². The minimum absolute atomic E-state index is 0.000349. The molecule has 0 radical (unpaired) electrons. The first-order valence-electron chi connectivity index (χ1n) is 11.9. The van der Waals surface area contributed by atoms with Crippen LogP contribution in [0.5, 0.6) is 5.75 Å². The van der Waals surface area contributed by atoms with E-state index in [0.29, 0.717) is 48.2 Å². The summed E-state index contributed by atoms with van der Waals surface area (Å²) in [5, 5.41) is 9.57. The van der Waals surface area contributed by atoms with Crippen molar-refractivity contribution < 1.29 is 22.7 Å². The Morgan fingerprint density at radius 2 is 1.89 bits per heavy atom. The van der Waals surface area contributed by atoms with Crippen molar-refractivity contribution in [3.05, 3.63) is 52.6 Å². The van der Waals surface area contributed by atoms with Crippen molar-refractivity contribution in [2.24, 2.45) is 10.1 Å². The standard InChI is InChI=1S/C25H27N5O5S2/c1-3-17(2)28-30-22(18-4-9-23-21(14-18)27-24(31)15-35-23)16-36-25(30)26-19-5-7-20(8-6-19)37(32,33)29-10-12-34-13-11-29/h4-9,14,16H,3,10-13,15H2,1-2H3,(H,27,31). The average Bonchev–Trinajstić information content (AvgIpc) is 3.30. The Labute approximate surface area is 218 Å². The Bertz CT molecular complexity index is 1520. The van der Waals surface area contributed by atoms with E-state index >= 15 is 0 Å². The molecule has 1 saturated heterocycles. The van der Waals surface area contributed by atoms with Crippen LogP contribution in [0.25, 0.3) is 11.3 Å². The van der Waals surface area contributed by atoms with E-state index in [1.165, 1.54) is 15.6 Å². The first kappa shape index (κ1) is 25.3. The number of morpholine rings is 1. The summed E-state index contributed by atoms with van der Waals surface area (Å²) in [6.45, 7) is 5.47. The number of ether oxygens (including phenoxy) is 2. The number of nitrogens with one attached hydrogen (secondary N) is 1. The number of hydrogen-bond acceptors (Lipinski definition) is 8. The van der Waals surface area contributed by atoms with Crippen LogP contribution in [-0.2, 0) is 19.6 Å². The zero-order valence-corrected chi connectivity index (χ0v) is 22.1. The number of aromatic nitrogens is 1. The number of sulfonamides is 1. The number of carbonyl (C=O) groups is 1. The van der Waals surface area contributed by atoms with Crippen LogP contribution in [-0.4, -0.2) is 61.9 Å². The minimum atomic E-state index is -3.58. The number of benzene rings is 2. The predicted molar refractivity (Wildman–Crippen MR) is 142 cm³/mol. The van der Waals surface area contributed by atoms with E-state index in [1.807, 2.05) is 37.4 Å². The van der Waals surface area contributed by atoms with Crippen molar-refractivity contribution in [1.82, 2.24) is 8.98 Å². The highest BCUT2D eigenvalue weighted by atomic mass is 32.2. The van der Waals surface area contributed by atoms with Crippen molar-refractivity contribution >= 4 is 44.4 Å². The van der Waals surface area contributed by atoms with E-state index in [2.05, 4.69) is 5.32 Å². The van der Waals surface area contributed by atoms with Crippen molar-refractivity contribution in [1.29, 1.82) is 0 Å². The fourth-order valence-electron chi connectivity index (χ4n) is 3.90. The molecule has 1 aromatic heterocycles. The van der Waals surface area contributed by atoms with E-state index in [9.17, 15) is 13.2 Å². The third-order valence-corrected chi connectivity index (χ3v) is 8.77. The van der Waals surface area contributed by atoms with Crippen LogP contribution in [0.2, 0.25) is 0 Å². The second-order valence-corrected chi connectivity index (χ2v) is 11.3. The maximum atomic E-state index is 12.9. The molecule has 0 spiro atoms. The molecule has 3 heterocycles. The third-order valence-electron chi connectivity index (χ3n) is 6.05. The van der Waals surface area contributed by atoms with Gasteiger partial charge in [-0.3, -0.25) is 4.79 Å². The highest BCUT2D eigenvalue weighted by Crippen LogP contribution is 2.33. The topological polar surface area (TPSA) is 115 Å². The van der Waals surface area contributed by atoms with Gasteiger partial charge in [-0.05, 0) is 55.8 Å². The lowest BCUT2D eigenvalue weighted by molar-refractivity contribution is -0.118. The molecular weight excluding hydrogens is 514 g/mol. The number of thiazole rings is 1. The molecule has 0 bridgehead atoms. The maximum Gasteiger partial charge on any atom is 0.262 e. The Morgan fingerprint density at radius 3 is 2.62 bits per heavy atom. The smallest absolute Gasteiger partial charge is 0.262 e. The highest BCUT2D eigenvalue weighted by Gasteiger charge is 2.26. The van der Waals surface area contributed by atoms with E-state index in [0.717, 1.165) is 23.4 Å². The normalized spacial score (nSPS) is 17.3. The number of amides is 1. The molecule has 2 aromatic carbocycles. The van der Waals surface area contributed by atoms with Gasteiger partial charge in [-0.25, -0.2) is 18.1 Å². The van der Waals surface area contributed by atoms with Crippen LogP contribution in [0.15, 0.2) is 62.8 Å². The van der Waals surface area contributed by atoms with Gasteiger partial charge < -0.3 is 14.8 Å². The zero-order chi connectivity index (χ0) is 26.0. The lowest BCUT2D eigenvalue weighted by Crippen LogP contribution is -2.40. The van der Waals surface area contributed by atoms with Gasteiger partial charge in [0.05, 0.1) is 35.2 Å². The second-order valence-electron chi connectivity index (χ2n) is 8.57. The van der Waals surface area contributed by atoms with Crippen LogP contribution in [0.1, 0.15) is 20.3 Å². The van der Waals surface area contributed by atoms with Gasteiger partial charge in [0.1, 0.15) is 5.75 Å². The van der Waals surface area contributed by atoms with Crippen molar-refractivity contribution in [3.8, 4) is 17.0 Å². The lowest BCUT2D eigenvalue weighted by Gasteiger charge is -2.26. The molecule has 194 valence electrons. The van der Waals surface area contributed by atoms with E-state index < -0.39 is 10.0 Å². The number of hydrogen-bond donors (Lipinski definition) is 1. The van der Waals surface area contributed by atoms with Crippen molar-refractivity contribution in [2.45, 2.75) is 25.2 Å². The molecule has 0 saturated carbocycles. The predicted octanol–water partition coefficient (Wildman–Crippen LogP) is 3.43. The quantitative estimate of drug-likeness (QED) is 0.480. The number of nitrogens with zero attached hydrogens (tertiary/aromatic N) is 4. The van der Waals surface area contributed by atoms with Gasteiger partial charge in [-0.2, -0.15) is 9.41 Å². The van der Waals surface area contributed by atoms with Crippen LogP contribution in [0.3, 0.4) is 0 Å². The summed E-state index contributed by atoms with van der Waals surface area (Å²) in [6.07, 6.45) is 0.768. The summed E-state index contributed by atoms with van der Waals surface area (Å²) < 4.78 is 39.8. The first-order valence-corrected chi connectivity index (χ1v) is 14.2. The Hall–Kier alpha value is -3.32. The molecule has 0 aliphatic carbocycles. The Balaban J connectivity index is 1.51. The van der Waals surface area contributed by atoms with Gasteiger partial charge in [0.2, 0.25) is 14.8 Å². The van der Waals surface area contributed by atoms with Crippen LogP contribution >= 0.6 is 11.3 Å². The summed E-state index contributed by atoms with van der Waals surface area (Å²) in [6, 6.07) is 12.1. The van der Waals surface area contributed by atoms with Crippen LogP contribution in [0.4, 0.5) is 11.4 Å². The fourth-order valence-corrected chi connectivity index (χ4v) is 6.15. The monoisotopic (exact) mass is 541 g/mol. The van der Waals surface area contributed by atoms with Gasteiger partial charge in [-0.15, -0.1) is 11.3 Å². The number of fused-ring (bicyclic) bond motifs is 1. The third kappa shape index (κ3) is 5.37. The average molecular weight is 542 g/mol. The molecule has 3 aromatic rings. The van der Waals surface area contributed by atoms with Gasteiger partial charge in [0.25, 0.3) is 5.91 Å². The van der Waals surface area contributed by atoms with Crippen molar-refractivity contribution in [2.75, 3.05) is 38.2 Å². The number of anilines is 1. The zero-order valence-electron chi connectivity index (χ0n) is 20.5. The molecule has 1 N–H and O–H groups in total. The SMILES string of the molecule is CCC(C)=Nn1c(-c2ccc3c(c2)NC(=O)CO3)csc1=Nc1ccc(S(=O)(=O)N2CCOCC2)cc1. The molecule has 37 heavy (non-hydrogen) atoms. The molecule has 1 fully saturated rings. The molecule has 1 amide bonds. The minimum Gasteiger partial charge on any atom is -0.482 e. The maximum absolute atomic E-state index is 12.9. The van der Waals surface area contributed by atoms with E-state index in [-0.39, 0.29) is 17.4 Å². The van der Waals surface area contributed by atoms with Crippen molar-refractivity contribution in [3.63, 3.8) is 0 Å².